The molecule has 2 heteroatoms. The Morgan fingerprint density at radius 2 is 2.27 bits per heavy atom. The average molecular weight is 200 g/mol. The van der Waals surface area contributed by atoms with Crippen LogP contribution in [0.5, 0.6) is 0 Å². The third-order valence-corrected chi connectivity index (χ3v) is 3.15. The average Bonchev–Trinajstić information content (AvgIpc) is 2.69. The van der Waals surface area contributed by atoms with Crippen molar-refractivity contribution in [1.29, 1.82) is 5.26 Å². The highest BCUT2D eigenvalue weighted by Gasteiger charge is 2.23. The van der Waals surface area contributed by atoms with Crippen molar-refractivity contribution in [2.24, 2.45) is 0 Å². The van der Waals surface area contributed by atoms with Crippen LogP contribution >= 0.6 is 0 Å². The summed E-state index contributed by atoms with van der Waals surface area (Å²) in [6.45, 7) is 4.12. The molecule has 15 heavy (non-hydrogen) atoms. The van der Waals surface area contributed by atoms with Crippen LogP contribution in [0.25, 0.3) is 0 Å². The molecule has 1 aromatic carbocycles. The van der Waals surface area contributed by atoms with Crippen molar-refractivity contribution in [3.63, 3.8) is 0 Å². The van der Waals surface area contributed by atoms with Crippen molar-refractivity contribution in [1.82, 2.24) is 4.90 Å². The van der Waals surface area contributed by atoms with Gasteiger partial charge in [-0.1, -0.05) is 24.3 Å². The van der Waals surface area contributed by atoms with Gasteiger partial charge >= 0.3 is 0 Å². The first-order chi connectivity index (χ1) is 7.31. The Labute approximate surface area is 91.1 Å². The molecule has 78 valence electrons. The summed E-state index contributed by atoms with van der Waals surface area (Å²) in [6, 6.07) is 10.9. The molecule has 2 nitrogen and oxygen atoms in total. The molecular formula is C13H16N2. The lowest BCUT2D eigenvalue weighted by molar-refractivity contribution is 0.286. The first-order valence-electron chi connectivity index (χ1n) is 5.49. The number of benzene rings is 1. The molecule has 0 amide bonds. The molecule has 1 fully saturated rings. The molecule has 1 aromatic rings. The normalized spacial score (nSPS) is 21.5. The van der Waals surface area contributed by atoms with E-state index in [9.17, 15) is 0 Å². The number of nitrogens with zero attached hydrogens (tertiary/aromatic N) is 2. The molecule has 0 spiro atoms. The van der Waals surface area contributed by atoms with Crippen molar-refractivity contribution in [3.05, 3.63) is 35.4 Å². The summed E-state index contributed by atoms with van der Waals surface area (Å²) in [5.74, 6) is 0. The summed E-state index contributed by atoms with van der Waals surface area (Å²) in [5, 5.41) is 8.99. The molecule has 0 bridgehead atoms. The molecule has 0 aromatic heterocycles. The molecule has 0 N–H and O–H groups in total. The number of aryl methyl sites for hydroxylation is 1. The van der Waals surface area contributed by atoms with Crippen LogP contribution in [-0.4, -0.2) is 17.5 Å². The lowest BCUT2D eigenvalue weighted by Gasteiger charge is -2.19. The molecule has 0 radical (unpaired) electrons. The second kappa shape index (κ2) is 4.46. The maximum atomic E-state index is 8.99. The second-order valence-corrected chi connectivity index (χ2v) is 4.18. The summed E-state index contributed by atoms with van der Waals surface area (Å²) < 4.78 is 0. The van der Waals surface area contributed by atoms with Crippen LogP contribution < -0.4 is 0 Å². The van der Waals surface area contributed by atoms with Crippen LogP contribution in [0.2, 0.25) is 0 Å². The quantitative estimate of drug-likeness (QED) is 0.733. The molecule has 1 unspecified atom stereocenters. The SMILES string of the molecule is Cc1ccccc1CN1CCCC1C#N. The van der Waals surface area contributed by atoms with E-state index in [1.807, 2.05) is 0 Å². The summed E-state index contributed by atoms with van der Waals surface area (Å²) in [4.78, 5) is 2.28. The zero-order valence-corrected chi connectivity index (χ0v) is 9.11. The molecule has 0 aliphatic carbocycles. The number of hydrogen-bond donors (Lipinski definition) is 0. The van der Waals surface area contributed by atoms with Crippen LogP contribution in [0.1, 0.15) is 24.0 Å². The Morgan fingerprint density at radius 1 is 1.47 bits per heavy atom. The first kappa shape index (κ1) is 10.2. The summed E-state index contributed by atoms with van der Waals surface area (Å²) >= 11 is 0. The molecule has 1 heterocycles. The predicted octanol–water partition coefficient (Wildman–Crippen LogP) is 2.48. The number of rotatable bonds is 2. The van der Waals surface area contributed by atoms with Gasteiger partial charge in [0.15, 0.2) is 0 Å². The van der Waals surface area contributed by atoms with Gasteiger partial charge in [-0.05, 0) is 37.4 Å². The second-order valence-electron chi connectivity index (χ2n) is 4.18. The largest absolute Gasteiger partial charge is 0.284 e. The summed E-state index contributed by atoms with van der Waals surface area (Å²) in [5.41, 5.74) is 2.67. The first-order valence-corrected chi connectivity index (χ1v) is 5.49. The number of hydrogen-bond acceptors (Lipinski definition) is 2. The van der Waals surface area contributed by atoms with Crippen molar-refractivity contribution < 1.29 is 0 Å². The fourth-order valence-electron chi connectivity index (χ4n) is 2.17. The van der Waals surface area contributed by atoms with Gasteiger partial charge in [-0.2, -0.15) is 5.26 Å². The van der Waals surface area contributed by atoms with Gasteiger partial charge in [0, 0.05) is 6.54 Å². The van der Waals surface area contributed by atoms with Gasteiger partial charge in [-0.15, -0.1) is 0 Å². The molecule has 1 aliphatic rings. The van der Waals surface area contributed by atoms with E-state index in [1.54, 1.807) is 0 Å². The van der Waals surface area contributed by atoms with Crippen molar-refractivity contribution in [3.8, 4) is 6.07 Å². The maximum absolute atomic E-state index is 8.99. The Hall–Kier alpha value is -1.33. The molecule has 2 rings (SSSR count). The van der Waals surface area contributed by atoms with Gasteiger partial charge in [0.1, 0.15) is 0 Å². The van der Waals surface area contributed by atoms with Crippen molar-refractivity contribution >= 4 is 0 Å². The van der Waals surface area contributed by atoms with Crippen LogP contribution in [0.4, 0.5) is 0 Å². The Bertz CT molecular complexity index is 378. The number of likely N-dealkylation sites (tertiary alicyclic amines) is 1. The standard InChI is InChI=1S/C13H16N2/c1-11-5-2-3-6-12(11)10-15-8-4-7-13(15)9-14/h2-3,5-6,13H,4,7-8,10H2,1H3. The van der Waals surface area contributed by atoms with E-state index in [2.05, 4.69) is 42.2 Å². The minimum Gasteiger partial charge on any atom is -0.284 e. The monoisotopic (exact) mass is 200 g/mol. The highest BCUT2D eigenvalue weighted by atomic mass is 15.2. The highest BCUT2D eigenvalue weighted by Crippen LogP contribution is 2.20. The third-order valence-electron chi connectivity index (χ3n) is 3.15. The van der Waals surface area contributed by atoms with Crippen molar-refractivity contribution in [2.45, 2.75) is 32.4 Å². The van der Waals surface area contributed by atoms with Gasteiger partial charge in [0.2, 0.25) is 0 Å². The Balaban J connectivity index is 2.09. The highest BCUT2D eigenvalue weighted by molar-refractivity contribution is 5.25. The van der Waals surface area contributed by atoms with E-state index in [1.165, 1.54) is 11.1 Å². The van der Waals surface area contributed by atoms with Gasteiger partial charge < -0.3 is 0 Å². The smallest absolute Gasteiger partial charge is 0.0981 e. The zero-order valence-electron chi connectivity index (χ0n) is 9.11. The van der Waals surface area contributed by atoms with Crippen molar-refractivity contribution in [2.75, 3.05) is 6.54 Å². The van der Waals surface area contributed by atoms with Crippen LogP contribution in [0.3, 0.4) is 0 Å². The summed E-state index contributed by atoms with van der Waals surface area (Å²) in [7, 11) is 0. The van der Waals surface area contributed by atoms with Gasteiger partial charge in [-0.3, -0.25) is 4.90 Å². The van der Waals surface area contributed by atoms with Crippen LogP contribution in [0, 0.1) is 18.3 Å². The van der Waals surface area contributed by atoms with E-state index in [0.29, 0.717) is 0 Å². The minimum absolute atomic E-state index is 0.129. The topological polar surface area (TPSA) is 27.0 Å². The van der Waals surface area contributed by atoms with Crippen LogP contribution in [0.15, 0.2) is 24.3 Å². The third kappa shape index (κ3) is 2.19. The predicted molar refractivity (Wildman–Crippen MR) is 60.2 cm³/mol. The Morgan fingerprint density at radius 3 is 3.00 bits per heavy atom. The maximum Gasteiger partial charge on any atom is 0.0981 e. The molecule has 1 aliphatic heterocycles. The fourth-order valence-corrected chi connectivity index (χ4v) is 2.17. The van der Waals surface area contributed by atoms with Crippen LogP contribution in [-0.2, 0) is 6.54 Å². The van der Waals surface area contributed by atoms with E-state index in [4.69, 9.17) is 5.26 Å². The van der Waals surface area contributed by atoms with E-state index >= 15 is 0 Å². The van der Waals surface area contributed by atoms with E-state index in [0.717, 1.165) is 25.9 Å². The fraction of sp³-hybridized carbons (Fsp3) is 0.462. The molecule has 0 saturated carbocycles. The minimum atomic E-state index is 0.129. The summed E-state index contributed by atoms with van der Waals surface area (Å²) in [6.07, 6.45) is 2.19. The lowest BCUT2D eigenvalue weighted by atomic mass is 10.1. The molecule has 1 atom stereocenters. The lowest BCUT2D eigenvalue weighted by Crippen LogP contribution is -2.27. The van der Waals surface area contributed by atoms with Gasteiger partial charge in [-0.25, -0.2) is 0 Å². The molecule has 1 saturated heterocycles. The Kier molecular flexibility index (Phi) is 3.03. The van der Waals surface area contributed by atoms with E-state index < -0.39 is 0 Å². The van der Waals surface area contributed by atoms with E-state index in [-0.39, 0.29) is 6.04 Å². The number of nitriles is 1. The zero-order chi connectivity index (χ0) is 10.7. The molecular weight excluding hydrogens is 184 g/mol. The van der Waals surface area contributed by atoms with Gasteiger partial charge in [0.25, 0.3) is 0 Å². The van der Waals surface area contributed by atoms with Gasteiger partial charge in [0.05, 0.1) is 12.1 Å².